The van der Waals surface area contributed by atoms with Gasteiger partial charge in [-0.3, -0.25) is 9.59 Å². The fourth-order valence-electron chi connectivity index (χ4n) is 1.92. The number of hydrogen-bond acceptors (Lipinski definition) is 5. The summed E-state index contributed by atoms with van der Waals surface area (Å²) in [6, 6.07) is 0. The largest absolute Gasteiger partial charge is 0.340 e. The summed E-state index contributed by atoms with van der Waals surface area (Å²) in [6.45, 7) is 3.83. The average molecular weight is 252 g/mol. The minimum absolute atomic E-state index is 0.0344. The summed E-state index contributed by atoms with van der Waals surface area (Å²) in [5.74, 6) is 0.152. The van der Waals surface area contributed by atoms with Crippen molar-refractivity contribution >= 4 is 11.8 Å². The van der Waals surface area contributed by atoms with Gasteiger partial charge in [-0.2, -0.15) is 4.80 Å². The molecular weight excluding hydrogens is 236 g/mol. The number of aromatic nitrogens is 4. The van der Waals surface area contributed by atoms with Crippen LogP contribution < -0.4 is 5.32 Å². The van der Waals surface area contributed by atoms with Gasteiger partial charge in [0.05, 0.1) is 13.6 Å². The zero-order chi connectivity index (χ0) is 13.3. The number of hydrogen-bond donors (Lipinski definition) is 1. The fourth-order valence-corrected chi connectivity index (χ4v) is 1.92. The Morgan fingerprint density at radius 3 is 2.72 bits per heavy atom. The Morgan fingerprint density at radius 1 is 1.44 bits per heavy atom. The molecule has 0 bridgehead atoms. The molecule has 1 saturated heterocycles. The molecule has 1 fully saturated rings. The maximum Gasteiger partial charge on any atom is 0.248 e. The van der Waals surface area contributed by atoms with Gasteiger partial charge in [0.1, 0.15) is 12.1 Å². The van der Waals surface area contributed by atoms with Crippen molar-refractivity contribution in [1.29, 1.82) is 0 Å². The molecule has 0 radical (unpaired) electrons. The second-order valence-corrected chi connectivity index (χ2v) is 4.59. The highest BCUT2D eigenvalue weighted by Gasteiger charge is 2.41. The predicted octanol–water partition coefficient (Wildman–Crippen LogP) is -1.16. The van der Waals surface area contributed by atoms with Crippen LogP contribution >= 0.6 is 0 Å². The first-order valence-electron chi connectivity index (χ1n) is 5.78. The molecule has 0 spiro atoms. The molecule has 8 heteroatoms. The molecule has 98 valence electrons. The standard InChI is InChI=1S/C10H16N6O2/c1-4-10(2)9(18)16(6-8(17)11-10)5-7-12-14-15(3)13-7/h4-6H2,1-3H3,(H,11,17). The lowest BCUT2D eigenvalue weighted by Crippen LogP contribution is -2.64. The van der Waals surface area contributed by atoms with Crippen molar-refractivity contribution in [3.63, 3.8) is 0 Å². The maximum atomic E-state index is 12.3. The van der Waals surface area contributed by atoms with Crippen molar-refractivity contribution < 1.29 is 9.59 Å². The smallest absolute Gasteiger partial charge is 0.248 e. The van der Waals surface area contributed by atoms with Crippen LogP contribution in [0.25, 0.3) is 0 Å². The number of rotatable bonds is 3. The van der Waals surface area contributed by atoms with Gasteiger partial charge in [0, 0.05) is 0 Å². The molecule has 8 nitrogen and oxygen atoms in total. The Bertz CT molecular complexity index is 484. The first kappa shape index (κ1) is 12.5. The molecule has 1 aliphatic rings. The monoisotopic (exact) mass is 252 g/mol. The van der Waals surface area contributed by atoms with Crippen molar-refractivity contribution in [2.45, 2.75) is 32.4 Å². The van der Waals surface area contributed by atoms with Gasteiger partial charge in [0.2, 0.25) is 11.8 Å². The van der Waals surface area contributed by atoms with Gasteiger partial charge in [0.25, 0.3) is 0 Å². The molecule has 1 aromatic rings. The summed E-state index contributed by atoms with van der Waals surface area (Å²) in [5.41, 5.74) is -0.836. The van der Waals surface area contributed by atoms with Crippen LogP contribution in [-0.4, -0.2) is 49.0 Å². The molecule has 18 heavy (non-hydrogen) atoms. The Kier molecular flexibility index (Phi) is 3.02. The number of aryl methyl sites for hydroxylation is 1. The number of carbonyl (C=O) groups excluding carboxylic acids is 2. The summed E-state index contributed by atoms with van der Waals surface area (Å²) in [5, 5.41) is 14.2. The number of amides is 2. The van der Waals surface area contributed by atoms with Crippen LogP contribution in [0, 0.1) is 0 Å². The zero-order valence-electron chi connectivity index (χ0n) is 10.7. The summed E-state index contributed by atoms with van der Waals surface area (Å²) in [4.78, 5) is 26.7. The van der Waals surface area contributed by atoms with Crippen molar-refractivity contribution in [2.24, 2.45) is 7.05 Å². The SMILES string of the molecule is CCC1(C)NC(=O)CN(Cc2nnn(C)n2)C1=O. The number of nitrogens with zero attached hydrogens (tertiary/aromatic N) is 5. The lowest BCUT2D eigenvalue weighted by atomic mass is 9.94. The Morgan fingerprint density at radius 2 is 2.17 bits per heavy atom. The van der Waals surface area contributed by atoms with Crippen LogP contribution in [0.3, 0.4) is 0 Å². The van der Waals surface area contributed by atoms with Gasteiger partial charge in [0.15, 0.2) is 5.82 Å². The van der Waals surface area contributed by atoms with Gasteiger partial charge in [-0.1, -0.05) is 6.92 Å². The third-order valence-electron chi connectivity index (χ3n) is 3.10. The number of carbonyl (C=O) groups is 2. The molecule has 1 aromatic heterocycles. The van der Waals surface area contributed by atoms with E-state index in [1.807, 2.05) is 6.92 Å². The number of piperazine rings is 1. The highest BCUT2D eigenvalue weighted by Crippen LogP contribution is 2.18. The van der Waals surface area contributed by atoms with Crippen LogP contribution in [0.4, 0.5) is 0 Å². The minimum atomic E-state index is -0.836. The number of nitrogens with one attached hydrogen (secondary N) is 1. The molecule has 0 aromatic carbocycles. The van der Waals surface area contributed by atoms with Gasteiger partial charge < -0.3 is 10.2 Å². The van der Waals surface area contributed by atoms with E-state index in [9.17, 15) is 9.59 Å². The highest BCUT2D eigenvalue weighted by atomic mass is 16.2. The van der Waals surface area contributed by atoms with E-state index in [0.29, 0.717) is 12.2 Å². The molecule has 2 heterocycles. The fraction of sp³-hybridized carbons (Fsp3) is 0.700. The Balaban J connectivity index is 2.17. The van der Waals surface area contributed by atoms with Crippen LogP contribution in [0.2, 0.25) is 0 Å². The topological polar surface area (TPSA) is 93.0 Å². The van der Waals surface area contributed by atoms with Crippen molar-refractivity contribution in [3.8, 4) is 0 Å². The second-order valence-electron chi connectivity index (χ2n) is 4.59. The van der Waals surface area contributed by atoms with Crippen LogP contribution in [-0.2, 0) is 23.2 Å². The average Bonchev–Trinajstić information content (AvgIpc) is 2.71. The van der Waals surface area contributed by atoms with Crippen LogP contribution in [0.15, 0.2) is 0 Å². The molecular formula is C10H16N6O2. The molecule has 0 aliphatic carbocycles. The first-order chi connectivity index (χ1) is 8.44. The summed E-state index contributed by atoms with van der Waals surface area (Å²) < 4.78 is 0. The summed E-state index contributed by atoms with van der Waals surface area (Å²) >= 11 is 0. The normalized spacial score (nSPS) is 24.3. The highest BCUT2D eigenvalue weighted by molar-refractivity contribution is 5.97. The zero-order valence-corrected chi connectivity index (χ0v) is 10.7. The quantitative estimate of drug-likeness (QED) is 0.732. The van der Waals surface area contributed by atoms with Crippen molar-refractivity contribution in [3.05, 3.63) is 5.82 Å². The van der Waals surface area contributed by atoms with Gasteiger partial charge >= 0.3 is 0 Å². The molecule has 1 atom stereocenters. The van der Waals surface area contributed by atoms with E-state index in [4.69, 9.17) is 0 Å². The lowest BCUT2D eigenvalue weighted by molar-refractivity contribution is -0.150. The van der Waals surface area contributed by atoms with Gasteiger partial charge in [-0.15, -0.1) is 10.2 Å². The first-order valence-corrected chi connectivity index (χ1v) is 5.78. The molecule has 2 amide bonds. The van der Waals surface area contributed by atoms with E-state index in [0.717, 1.165) is 0 Å². The lowest BCUT2D eigenvalue weighted by Gasteiger charge is -2.38. The molecule has 2 rings (SSSR count). The number of tetrazole rings is 1. The van der Waals surface area contributed by atoms with E-state index in [1.54, 1.807) is 14.0 Å². The van der Waals surface area contributed by atoms with E-state index >= 15 is 0 Å². The Hall–Kier alpha value is -1.99. The van der Waals surface area contributed by atoms with Crippen molar-refractivity contribution in [1.82, 2.24) is 30.4 Å². The van der Waals surface area contributed by atoms with E-state index in [-0.39, 0.29) is 24.9 Å². The van der Waals surface area contributed by atoms with Gasteiger partial charge in [-0.25, -0.2) is 0 Å². The second kappa shape index (κ2) is 4.35. The maximum absolute atomic E-state index is 12.3. The van der Waals surface area contributed by atoms with Crippen LogP contribution in [0.5, 0.6) is 0 Å². The van der Waals surface area contributed by atoms with Crippen LogP contribution in [0.1, 0.15) is 26.1 Å². The van der Waals surface area contributed by atoms with E-state index in [1.165, 1.54) is 9.70 Å². The minimum Gasteiger partial charge on any atom is -0.340 e. The van der Waals surface area contributed by atoms with E-state index in [2.05, 4.69) is 20.7 Å². The molecule has 1 aliphatic heterocycles. The molecule has 0 saturated carbocycles. The Labute approximate surface area is 104 Å². The third kappa shape index (κ3) is 2.18. The summed E-state index contributed by atoms with van der Waals surface area (Å²) in [6.07, 6.45) is 0.544. The van der Waals surface area contributed by atoms with Crippen molar-refractivity contribution in [2.75, 3.05) is 6.54 Å². The molecule has 1 N–H and O–H groups in total. The third-order valence-corrected chi connectivity index (χ3v) is 3.10. The van der Waals surface area contributed by atoms with E-state index < -0.39 is 5.54 Å². The molecule has 1 unspecified atom stereocenters. The van der Waals surface area contributed by atoms with Gasteiger partial charge in [-0.05, 0) is 18.6 Å². The summed E-state index contributed by atoms with van der Waals surface area (Å²) in [7, 11) is 1.65. The predicted molar refractivity (Wildman–Crippen MR) is 61.1 cm³/mol.